The molecule has 0 aromatic heterocycles. The van der Waals surface area contributed by atoms with Crippen LogP contribution >= 0.6 is 0 Å². The lowest BCUT2D eigenvalue weighted by Crippen LogP contribution is -2.51. The van der Waals surface area contributed by atoms with Crippen molar-refractivity contribution in [1.29, 1.82) is 0 Å². The molecule has 1 aliphatic heterocycles. The van der Waals surface area contributed by atoms with Crippen LogP contribution in [0, 0.1) is 5.92 Å². The van der Waals surface area contributed by atoms with E-state index < -0.39 is 26.7 Å². The van der Waals surface area contributed by atoms with E-state index in [1.54, 1.807) is 13.8 Å². The predicted octanol–water partition coefficient (Wildman–Crippen LogP) is 2.19. The van der Waals surface area contributed by atoms with Crippen molar-refractivity contribution in [2.75, 3.05) is 26.2 Å². The SMILES string of the molecule is CC(C)C(=O)N1CCN(S(=O)(=O)c2ccccc2C(F)(F)F)CC1. The number of amides is 1. The van der Waals surface area contributed by atoms with Crippen LogP contribution in [-0.2, 0) is 21.0 Å². The largest absolute Gasteiger partial charge is 0.417 e. The van der Waals surface area contributed by atoms with Crippen LogP contribution in [0.25, 0.3) is 0 Å². The fourth-order valence-electron chi connectivity index (χ4n) is 2.58. The van der Waals surface area contributed by atoms with Crippen molar-refractivity contribution in [2.45, 2.75) is 24.9 Å². The Morgan fingerprint density at radius 2 is 1.62 bits per heavy atom. The standard InChI is InChI=1S/C15H19F3N2O3S/c1-11(2)14(21)19-7-9-20(10-8-19)24(22,23)13-6-4-3-5-12(13)15(16,17)18/h3-6,11H,7-10H2,1-2H3. The molecule has 0 unspecified atom stereocenters. The molecule has 5 nitrogen and oxygen atoms in total. The highest BCUT2D eigenvalue weighted by molar-refractivity contribution is 7.89. The summed E-state index contributed by atoms with van der Waals surface area (Å²) in [6.07, 6.45) is -4.75. The molecule has 0 saturated carbocycles. The number of sulfonamides is 1. The number of halogens is 3. The van der Waals surface area contributed by atoms with Crippen LogP contribution in [-0.4, -0.2) is 49.7 Å². The minimum atomic E-state index is -4.75. The number of hydrogen-bond acceptors (Lipinski definition) is 3. The molecule has 0 spiro atoms. The van der Waals surface area contributed by atoms with Gasteiger partial charge in [-0.1, -0.05) is 26.0 Å². The highest BCUT2D eigenvalue weighted by Gasteiger charge is 2.39. The summed E-state index contributed by atoms with van der Waals surface area (Å²) in [5, 5.41) is 0. The first-order valence-corrected chi connectivity index (χ1v) is 8.94. The minimum absolute atomic E-state index is 0.0208. The van der Waals surface area contributed by atoms with Crippen molar-refractivity contribution in [3.8, 4) is 0 Å². The number of rotatable bonds is 3. The summed E-state index contributed by atoms with van der Waals surface area (Å²) in [6.45, 7) is 3.78. The monoisotopic (exact) mass is 364 g/mol. The van der Waals surface area contributed by atoms with E-state index in [0.717, 1.165) is 22.5 Å². The van der Waals surface area contributed by atoms with Gasteiger partial charge in [0.05, 0.1) is 10.5 Å². The van der Waals surface area contributed by atoms with Gasteiger partial charge in [-0.2, -0.15) is 17.5 Å². The van der Waals surface area contributed by atoms with Crippen molar-refractivity contribution in [1.82, 2.24) is 9.21 Å². The van der Waals surface area contributed by atoms with E-state index in [1.807, 2.05) is 0 Å². The Kier molecular flexibility index (Phi) is 5.24. The van der Waals surface area contributed by atoms with Gasteiger partial charge in [0, 0.05) is 32.1 Å². The van der Waals surface area contributed by atoms with Gasteiger partial charge in [0.25, 0.3) is 0 Å². The average Bonchev–Trinajstić information content (AvgIpc) is 2.53. The van der Waals surface area contributed by atoms with Gasteiger partial charge < -0.3 is 4.90 Å². The molecule has 1 aliphatic rings. The van der Waals surface area contributed by atoms with Crippen LogP contribution < -0.4 is 0 Å². The highest BCUT2D eigenvalue weighted by atomic mass is 32.2. The Morgan fingerprint density at radius 3 is 2.12 bits per heavy atom. The van der Waals surface area contributed by atoms with E-state index in [-0.39, 0.29) is 38.0 Å². The van der Waals surface area contributed by atoms with Gasteiger partial charge >= 0.3 is 6.18 Å². The lowest BCUT2D eigenvalue weighted by molar-refractivity contribution is -0.140. The highest BCUT2D eigenvalue weighted by Crippen LogP contribution is 2.35. The van der Waals surface area contributed by atoms with E-state index in [4.69, 9.17) is 0 Å². The molecule has 0 radical (unpaired) electrons. The molecule has 1 fully saturated rings. The Morgan fingerprint density at radius 1 is 1.08 bits per heavy atom. The maximum absolute atomic E-state index is 13.1. The van der Waals surface area contributed by atoms with E-state index in [1.165, 1.54) is 11.0 Å². The molecular formula is C15H19F3N2O3S. The predicted molar refractivity (Wildman–Crippen MR) is 81.6 cm³/mol. The number of hydrogen-bond donors (Lipinski definition) is 0. The summed E-state index contributed by atoms with van der Waals surface area (Å²) < 4.78 is 65.4. The Labute approximate surface area is 139 Å². The Hall–Kier alpha value is -1.61. The molecular weight excluding hydrogens is 345 g/mol. The van der Waals surface area contributed by atoms with Gasteiger partial charge in [0.2, 0.25) is 15.9 Å². The van der Waals surface area contributed by atoms with Crippen molar-refractivity contribution in [3.63, 3.8) is 0 Å². The number of benzene rings is 1. The van der Waals surface area contributed by atoms with Crippen molar-refractivity contribution < 1.29 is 26.4 Å². The fraction of sp³-hybridized carbons (Fsp3) is 0.533. The first-order chi connectivity index (χ1) is 11.0. The Balaban J connectivity index is 2.24. The molecule has 0 atom stereocenters. The topological polar surface area (TPSA) is 57.7 Å². The zero-order valence-electron chi connectivity index (χ0n) is 13.4. The summed E-state index contributed by atoms with van der Waals surface area (Å²) in [6, 6.07) is 4.14. The van der Waals surface area contributed by atoms with Gasteiger partial charge in [0.15, 0.2) is 0 Å². The van der Waals surface area contributed by atoms with Crippen LogP contribution in [0.3, 0.4) is 0 Å². The molecule has 0 aliphatic carbocycles. The van der Waals surface area contributed by atoms with E-state index in [0.29, 0.717) is 0 Å². The second-order valence-corrected chi connectivity index (χ2v) is 7.78. The third-order valence-electron chi connectivity index (χ3n) is 3.85. The molecule has 2 rings (SSSR count). The molecule has 1 aromatic rings. The normalized spacial score (nSPS) is 17.3. The number of piperazine rings is 1. The smallest absolute Gasteiger partial charge is 0.340 e. The third-order valence-corrected chi connectivity index (χ3v) is 5.81. The van der Waals surface area contributed by atoms with Gasteiger partial charge in [-0.25, -0.2) is 8.42 Å². The van der Waals surface area contributed by atoms with Gasteiger partial charge in [-0.3, -0.25) is 4.79 Å². The summed E-state index contributed by atoms with van der Waals surface area (Å²) in [5.41, 5.74) is -1.18. The molecule has 0 bridgehead atoms. The van der Waals surface area contributed by atoms with Crippen molar-refractivity contribution >= 4 is 15.9 Å². The number of nitrogens with zero attached hydrogens (tertiary/aromatic N) is 2. The maximum atomic E-state index is 13.1. The van der Waals surface area contributed by atoms with E-state index in [2.05, 4.69) is 0 Å². The zero-order chi connectivity index (χ0) is 18.1. The summed E-state index contributed by atoms with van der Waals surface area (Å²) in [7, 11) is -4.27. The third kappa shape index (κ3) is 3.72. The van der Waals surface area contributed by atoms with Crippen molar-refractivity contribution in [2.24, 2.45) is 5.92 Å². The van der Waals surface area contributed by atoms with E-state index in [9.17, 15) is 26.4 Å². The average molecular weight is 364 g/mol. The maximum Gasteiger partial charge on any atom is 0.417 e. The summed E-state index contributed by atoms with van der Waals surface area (Å²) in [5.74, 6) is -0.304. The molecule has 134 valence electrons. The zero-order valence-corrected chi connectivity index (χ0v) is 14.2. The first kappa shape index (κ1) is 18.7. The number of carbonyl (C=O) groups is 1. The molecule has 1 aromatic carbocycles. The van der Waals surface area contributed by atoms with Gasteiger partial charge in [-0.05, 0) is 12.1 Å². The lowest BCUT2D eigenvalue weighted by atomic mass is 10.2. The molecule has 1 amide bonds. The van der Waals surface area contributed by atoms with Gasteiger partial charge in [-0.15, -0.1) is 0 Å². The molecule has 24 heavy (non-hydrogen) atoms. The molecule has 1 saturated heterocycles. The number of carbonyl (C=O) groups excluding carboxylic acids is 1. The van der Waals surface area contributed by atoms with Crippen LogP contribution in [0.1, 0.15) is 19.4 Å². The van der Waals surface area contributed by atoms with Crippen LogP contribution in [0.4, 0.5) is 13.2 Å². The van der Waals surface area contributed by atoms with Crippen molar-refractivity contribution in [3.05, 3.63) is 29.8 Å². The number of alkyl halides is 3. The Bertz CT molecular complexity index is 709. The lowest BCUT2D eigenvalue weighted by Gasteiger charge is -2.35. The molecule has 9 heteroatoms. The van der Waals surface area contributed by atoms with Crippen LogP contribution in [0.5, 0.6) is 0 Å². The van der Waals surface area contributed by atoms with Crippen LogP contribution in [0.15, 0.2) is 29.2 Å². The molecule has 1 heterocycles. The second kappa shape index (κ2) is 6.72. The van der Waals surface area contributed by atoms with E-state index >= 15 is 0 Å². The molecule has 0 N–H and O–H groups in total. The first-order valence-electron chi connectivity index (χ1n) is 7.50. The summed E-state index contributed by atoms with van der Waals surface area (Å²) in [4.78, 5) is 12.7. The fourth-order valence-corrected chi connectivity index (χ4v) is 4.21. The minimum Gasteiger partial charge on any atom is -0.340 e. The quantitative estimate of drug-likeness (QED) is 0.826. The van der Waals surface area contributed by atoms with Crippen LogP contribution in [0.2, 0.25) is 0 Å². The van der Waals surface area contributed by atoms with Gasteiger partial charge in [0.1, 0.15) is 0 Å². The second-order valence-electron chi connectivity index (χ2n) is 5.88. The summed E-state index contributed by atoms with van der Waals surface area (Å²) >= 11 is 0.